The van der Waals surface area contributed by atoms with Gasteiger partial charge in [0.2, 0.25) is 0 Å². The molecule has 0 aromatic carbocycles. The number of carbonyl (C=O) groups is 2. The van der Waals surface area contributed by atoms with E-state index in [1.54, 1.807) is 0 Å². The lowest BCUT2D eigenvalue weighted by Gasteiger charge is -2.28. The molecule has 0 spiro atoms. The number of hydrogen-bond acceptors (Lipinski definition) is 4. The van der Waals surface area contributed by atoms with Crippen LogP contribution in [-0.4, -0.2) is 24.6 Å². The van der Waals surface area contributed by atoms with Crippen molar-refractivity contribution in [2.24, 2.45) is 5.41 Å². The lowest BCUT2D eigenvalue weighted by atomic mass is 9.82. The molecule has 0 saturated carbocycles. The van der Waals surface area contributed by atoms with E-state index in [0.717, 1.165) is 32.1 Å². The molecule has 1 atom stereocenters. The molecule has 0 saturated heterocycles. The zero-order valence-electron chi connectivity index (χ0n) is 21.4. The Morgan fingerprint density at radius 1 is 0.645 bits per heavy atom. The minimum Gasteiger partial charge on any atom is -0.465 e. The Bertz CT molecular complexity index is 443. The Kier molecular flexibility index (Phi) is 18.9. The lowest BCUT2D eigenvalue weighted by Crippen LogP contribution is -2.42. The van der Waals surface area contributed by atoms with Crippen molar-refractivity contribution in [3.05, 3.63) is 0 Å². The van der Waals surface area contributed by atoms with Crippen molar-refractivity contribution in [3.63, 3.8) is 0 Å². The molecule has 0 amide bonds. The van der Waals surface area contributed by atoms with Crippen LogP contribution in [0.25, 0.3) is 0 Å². The second-order valence-electron chi connectivity index (χ2n) is 9.17. The first-order chi connectivity index (χ1) is 15.0. The monoisotopic (exact) mass is 440 g/mol. The van der Waals surface area contributed by atoms with E-state index in [2.05, 4.69) is 13.8 Å². The Morgan fingerprint density at radius 2 is 1.10 bits per heavy atom. The predicted octanol–water partition coefficient (Wildman–Crippen LogP) is 8.16. The molecule has 0 radical (unpaired) electrons. The highest BCUT2D eigenvalue weighted by Gasteiger charge is 2.46. The first-order valence-corrected chi connectivity index (χ1v) is 13.4. The summed E-state index contributed by atoms with van der Waals surface area (Å²) in [5.41, 5.74) is -1.16. The van der Waals surface area contributed by atoms with Crippen LogP contribution in [0.15, 0.2) is 0 Å². The van der Waals surface area contributed by atoms with Crippen molar-refractivity contribution in [2.45, 2.75) is 150 Å². The predicted molar refractivity (Wildman–Crippen MR) is 130 cm³/mol. The third kappa shape index (κ3) is 13.2. The van der Waals surface area contributed by atoms with Crippen LogP contribution in [-0.2, 0) is 19.1 Å². The molecule has 0 aromatic rings. The first kappa shape index (κ1) is 29.9. The molecule has 0 N–H and O–H groups in total. The maximum atomic E-state index is 12.8. The van der Waals surface area contributed by atoms with Crippen LogP contribution < -0.4 is 0 Å². The molecule has 4 heteroatoms. The minimum atomic E-state index is -1.16. The number of esters is 2. The van der Waals surface area contributed by atoms with E-state index in [1.807, 2.05) is 20.8 Å². The highest BCUT2D eigenvalue weighted by Crippen LogP contribution is 2.31. The van der Waals surface area contributed by atoms with E-state index in [0.29, 0.717) is 19.4 Å². The summed E-state index contributed by atoms with van der Waals surface area (Å²) in [4.78, 5) is 25.5. The van der Waals surface area contributed by atoms with Crippen molar-refractivity contribution in [2.75, 3.05) is 6.61 Å². The van der Waals surface area contributed by atoms with E-state index in [4.69, 9.17) is 9.47 Å². The minimum absolute atomic E-state index is 0.158. The fourth-order valence-electron chi connectivity index (χ4n) is 4.00. The van der Waals surface area contributed by atoms with Gasteiger partial charge in [0.25, 0.3) is 0 Å². The van der Waals surface area contributed by atoms with Gasteiger partial charge >= 0.3 is 11.9 Å². The summed E-state index contributed by atoms with van der Waals surface area (Å²) in [6.07, 6.45) is 18.9. The van der Waals surface area contributed by atoms with Gasteiger partial charge in [-0.15, -0.1) is 0 Å². The zero-order valence-corrected chi connectivity index (χ0v) is 21.4. The fraction of sp³-hybridized carbons (Fsp3) is 0.926. The molecule has 0 aliphatic rings. The number of hydrogen-bond donors (Lipinski definition) is 0. The smallest absolute Gasteiger partial charge is 0.323 e. The van der Waals surface area contributed by atoms with Crippen molar-refractivity contribution < 1.29 is 19.1 Å². The summed E-state index contributed by atoms with van der Waals surface area (Å²) in [6, 6.07) is 0. The molecule has 4 nitrogen and oxygen atoms in total. The van der Waals surface area contributed by atoms with E-state index >= 15 is 0 Å². The van der Waals surface area contributed by atoms with Gasteiger partial charge in [0.05, 0.1) is 12.7 Å². The van der Waals surface area contributed by atoms with Crippen LogP contribution >= 0.6 is 0 Å². The molecule has 0 heterocycles. The fourth-order valence-corrected chi connectivity index (χ4v) is 4.00. The van der Waals surface area contributed by atoms with E-state index in [1.165, 1.54) is 64.2 Å². The number of carbonyl (C=O) groups excluding carboxylic acids is 2. The molecule has 0 bridgehead atoms. The summed E-state index contributed by atoms with van der Waals surface area (Å²) in [5.74, 6) is -0.825. The normalized spacial score (nSPS) is 12.5. The van der Waals surface area contributed by atoms with Crippen molar-refractivity contribution in [1.29, 1.82) is 0 Å². The average Bonchev–Trinajstić information content (AvgIpc) is 2.76. The Labute approximate surface area is 193 Å². The highest BCUT2D eigenvalue weighted by atomic mass is 16.6. The van der Waals surface area contributed by atoms with Gasteiger partial charge < -0.3 is 9.47 Å². The molecule has 0 aliphatic carbocycles. The van der Waals surface area contributed by atoms with E-state index in [9.17, 15) is 9.59 Å². The molecule has 31 heavy (non-hydrogen) atoms. The number of rotatable bonds is 21. The second-order valence-corrected chi connectivity index (χ2v) is 9.17. The number of unbranched alkanes of at least 4 members (excludes halogenated alkanes) is 12. The quantitative estimate of drug-likeness (QED) is 0.103. The van der Waals surface area contributed by atoms with Gasteiger partial charge in [-0.25, -0.2) is 0 Å². The van der Waals surface area contributed by atoms with Crippen molar-refractivity contribution in [3.8, 4) is 0 Å². The van der Waals surface area contributed by atoms with Gasteiger partial charge in [0.15, 0.2) is 5.41 Å². The Hall–Kier alpha value is -1.06. The van der Waals surface area contributed by atoms with Crippen molar-refractivity contribution in [1.82, 2.24) is 0 Å². The van der Waals surface area contributed by atoms with Crippen LogP contribution in [0.4, 0.5) is 0 Å². The molecular weight excluding hydrogens is 388 g/mol. The van der Waals surface area contributed by atoms with Crippen LogP contribution in [0, 0.1) is 5.41 Å². The summed E-state index contributed by atoms with van der Waals surface area (Å²) in [5, 5.41) is 0. The zero-order chi connectivity index (χ0) is 23.4. The third-order valence-corrected chi connectivity index (χ3v) is 6.49. The van der Waals surface area contributed by atoms with Crippen LogP contribution in [0.5, 0.6) is 0 Å². The SMILES string of the molecule is CCCCCCCCCCCCCCOC(=O)C(CC)(CC)C(=O)OC(C)CCCC. The van der Waals surface area contributed by atoms with Gasteiger partial charge in [-0.2, -0.15) is 0 Å². The molecule has 0 aliphatic heterocycles. The standard InChI is InChI=1S/C27H52O4/c1-6-10-12-13-14-15-16-17-18-19-20-21-23-30-25(28)27(8-3,9-4)26(29)31-24(5)22-11-7-2/h24H,6-23H2,1-5H3. The Balaban J connectivity index is 4.03. The Morgan fingerprint density at radius 3 is 1.55 bits per heavy atom. The molecule has 0 rings (SSSR count). The lowest BCUT2D eigenvalue weighted by molar-refractivity contribution is -0.176. The average molecular weight is 441 g/mol. The van der Waals surface area contributed by atoms with Crippen LogP contribution in [0.1, 0.15) is 144 Å². The van der Waals surface area contributed by atoms with Crippen LogP contribution in [0.2, 0.25) is 0 Å². The van der Waals surface area contributed by atoms with E-state index in [-0.39, 0.29) is 6.10 Å². The van der Waals surface area contributed by atoms with Crippen LogP contribution in [0.3, 0.4) is 0 Å². The summed E-state index contributed by atoms with van der Waals surface area (Å²) >= 11 is 0. The molecular formula is C27H52O4. The van der Waals surface area contributed by atoms with Gasteiger partial charge in [0, 0.05) is 0 Å². The number of ether oxygens (including phenoxy) is 2. The van der Waals surface area contributed by atoms with Gasteiger partial charge in [0.1, 0.15) is 0 Å². The van der Waals surface area contributed by atoms with Gasteiger partial charge in [-0.3, -0.25) is 9.59 Å². The summed E-state index contributed by atoms with van der Waals surface area (Å²) < 4.78 is 11.1. The van der Waals surface area contributed by atoms with Gasteiger partial charge in [-0.05, 0) is 32.6 Å². The summed E-state index contributed by atoms with van der Waals surface area (Å²) in [7, 11) is 0. The maximum absolute atomic E-state index is 12.8. The second kappa shape index (κ2) is 19.6. The topological polar surface area (TPSA) is 52.6 Å². The maximum Gasteiger partial charge on any atom is 0.323 e. The molecule has 0 fully saturated rings. The highest BCUT2D eigenvalue weighted by molar-refractivity contribution is 6.00. The van der Waals surface area contributed by atoms with E-state index < -0.39 is 17.4 Å². The summed E-state index contributed by atoms with van der Waals surface area (Å²) in [6.45, 7) is 10.4. The largest absolute Gasteiger partial charge is 0.465 e. The van der Waals surface area contributed by atoms with Crippen molar-refractivity contribution >= 4 is 11.9 Å². The first-order valence-electron chi connectivity index (χ1n) is 13.4. The third-order valence-electron chi connectivity index (χ3n) is 6.49. The molecule has 1 unspecified atom stereocenters. The van der Waals surface area contributed by atoms with Gasteiger partial charge in [-0.1, -0.05) is 111 Å². The molecule has 184 valence electrons. The molecule has 0 aromatic heterocycles.